The van der Waals surface area contributed by atoms with Crippen molar-refractivity contribution in [1.82, 2.24) is 0 Å². The average molecular weight is 795 g/mol. The molecule has 1 unspecified atom stereocenters. The smallest absolute Gasteiger partial charge is 0.306 e. The zero-order valence-corrected chi connectivity index (χ0v) is 37.1. The first kappa shape index (κ1) is 53.9. The highest BCUT2D eigenvalue weighted by molar-refractivity contribution is 5.71. The number of carbonyl (C=O) groups excluding carboxylic acids is 3. The third-order valence-electron chi connectivity index (χ3n) is 9.74. The molecule has 0 radical (unpaired) electrons. The van der Waals surface area contributed by atoms with E-state index in [2.05, 4.69) is 81.5 Å². The van der Waals surface area contributed by atoms with Gasteiger partial charge in [0, 0.05) is 19.3 Å². The molecule has 0 saturated carbocycles. The molecule has 0 heterocycles. The van der Waals surface area contributed by atoms with E-state index in [1.807, 2.05) is 12.2 Å². The minimum atomic E-state index is -0.799. The third-order valence-corrected chi connectivity index (χ3v) is 9.74. The molecule has 1 atom stereocenters. The van der Waals surface area contributed by atoms with E-state index < -0.39 is 6.10 Å². The summed E-state index contributed by atoms with van der Waals surface area (Å²) in [5.41, 5.74) is 0. The van der Waals surface area contributed by atoms with Crippen LogP contribution >= 0.6 is 0 Å². The lowest BCUT2D eigenvalue weighted by Gasteiger charge is -2.18. The first-order valence-electron chi connectivity index (χ1n) is 23.4. The molecule has 0 spiro atoms. The van der Waals surface area contributed by atoms with Gasteiger partial charge in [-0.15, -0.1) is 0 Å². The van der Waals surface area contributed by atoms with Gasteiger partial charge >= 0.3 is 17.9 Å². The number of unbranched alkanes of at least 4 members (excludes halogenated alkanes) is 18. The summed E-state index contributed by atoms with van der Waals surface area (Å²) in [5, 5.41) is 0. The van der Waals surface area contributed by atoms with Crippen LogP contribution in [0.5, 0.6) is 0 Å². The number of carbonyl (C=O) groups is 3. The van der Waals surface area contributed by atoms with Gasteiger partial charge in [-0.1, -0.05) is 209 Å². The molecule has 326 valence electrons. The van der Waals surface area contributed by atoms with Crippen LogP contribution in [0.4, 0.5) is 0 Å². The van der Waals surface area contributed by atoms with Crippen LogP contribution in [0.25, 0.3) is 0 Å². The summed E-state index contributed by atoms with van der Waals surface area (Å²) in [4.78, 5) is 37.6. The monoisotopic (exact) mass is 795 g/mol. The van der Waals surface area contributed by atoms with Gasteiger partial charge in [-0.3, -0.25) is 14.4 Å². The van der Waals surface area contributed by atoms with Gasteiger partial charge in [0.25, 0.3) is 0 Å². The van der Waals surface area contributed by atoms with E-state index in [0.29, 0.717) is 19.3 Å². The van der Waals surface area contributed by atoms with E-state index in [1.165, 1.54) is 89.9 Å². The van der Waals surface area contributed by atoms with Crippen molar-refractivity contribution in [3.8, 4) is 0 Å². The Labute approximate surface area is 351 Å². The molecule has 0 rings (SSSR count). The van der Waals surface area contributed by atoms with Gasteiger partial charge in [0.15, 0.2) is 6.10 Å². The second kappa shape index (κ2) is 45.6. The SMILES string of the molecule is CC/C=C\C/C=C\C/C=C\C/C=C\C/C=C\C/C=C\CCC(=O)OCC(COC(=O)CCCCCCCCC)OC(=O)CCCCCCCCCCCCCCC. The Bertz CT molecular complexity index is 1100. The third kappa shape index (κ3) is 43.8. The van der Waals surface area contributed by atoms with Crippen molar-refractivity contribution in [1.29, 1.82) is 0 Å². The predicted octanol–water partition coefficient (Wildman–Crippen LogP) is 15.1. The maximum Gasteiger partial charge on any atom is 0.306 e. The standard InChI is InChI=1S/C51H86O6/c1-4-7-10-13-16-18-20-22-23-24-25-26-27-29-30-32-35-38-41-44-50(53)56-47-48(46-55-49(52)43-40-37-34-15-12-9-6-3)57-51(54)45-42-39-36-33-31-28-21-19-17-14-11-8-5-2/h7,10,16,18,22-23,25-26,29-30,35,38,48H,4-6,8-9,11-15,17,19-21,24,27-28,31-34,36-37,39-47H2,1-3H3/b10-7-,18-16-,23-22-,26-25-,30-29-,38-35-. The lowest BCUT2D eigenvalue weighted by Crippen LogP contribution is -2.30. The fraction of sp³-hybridized carbons (Fsp3) is 0.706. The van der Waals surface area contributed by atoms with E-state index in [-0.39, 0.29) is 37.5 Å². The molecule has 0 aromatic heterocycles. The molecule has 0 aromatic rings. The molecule has 0 aromatic carbocycles. The minimum Gasteiger partial charge on any atom is -0.462 e. The predicted molar refractivity (Wildman–Crippen MR) is 242 cm³/mol. The van der Waals surface area contributed by atoms with Crippen LogP contribution in [0.2, 0.25) is 0 Å². The van der Waals surface area contributed by atoms with Crippen LogP contribution in [-0.2, 0) is 28.6 Å². The van der Waals surface area contributed by atoms with Crippen molar-refractivity contribution in [2.24, 2.45) is 0 Å². The summed E-state index contributed by atoms with van der Waals surface area (Å²) >= 11 is 0. The van der Waals surface area contributed by atoms with E-state index >= 15 is 0 Å². The zero-order chi connectivity index (χ0) is 41.5. The van der Waals surface area contributed by atoms with Crippen LogP contribution in [0.1, 0.15) is 213 Å². The molecule has 57 heavy (non-hydrogen) atoms. The summed E-state index contributed by atoms with van der Waals surface area (Å²) in [7, 11) is 0. The Morgan fingerprint density at radius 1 is 0.368 bits per heavy atom. The summed E-state index contributed by atoms with van der Waals surface area (Å²) in [6.07, 6.45) is 56.2. The van der Waals surface area contributed by atoms with Crippen molar-refractivity contribution in [2.75, 3.05) is 13.2 Å². The van der Waals surface area contributed by atoms with Crippen molar-refractivity contribution in [2.45, 2.75) is 219 Å². The number of hydrogen-bond acceptors (Lipinski definition) is 6. The fourth-order valence-corrected chi connectivity index (χ4v) is 6.23. The largest absolute Gasteiger partial charge is 0.462 e. The summed E-state index contributed by atoms with van der Waals surface area (Å²) in [5.74, 6) is -0.994. The topological polar surface area (TPSA) is 78.9 Å². The van der Waals surface area contributed by atoms with Crippen molar-refractivity contribution in [3.05, 3.63) is 72.9 Å². The van der Waals surface area contributed by atoms with Gasteiger partial charge in [0.1, 0.15) is 13.2 Å². The molecule has 0 amide bonds. The molecule has 0 N–H and O–H groups in total. The van der Waals surface area contributed by atoms with Crippen molar-refractivity contribution >= 4 is 17.9 Å². The van der Waals surface area contributed by atoms with Crippen LogP contribution < -0.4 is 0 Å². The van der Waals surface area contributed by atoms with Crippen LogP contribution in [-0.4, -0.2) is 37.2 Å². The number of ether oxygens (including phenoxy) is 3. The molecule has 0 bridgehead atoms. The molecule has 0 saturated heterocycles. The number of esters is 3. The van der Waals surface area contributed by atoms with Crippen LogP contribution in [0, 0.1) is 0 Å². The van der Waals surface area contributed by atoms with E-state index in [0.717, 1.165) is 77.0 Å². The molecular formula is C51H86O6. The van der Waals surface area contributed by atoms with Crippen molar-refractivity contribution < 1.29 is 28.6 Å². The van der Waals surface area contributed by atoms with E-state index in [9.17, 15) is 14.4 Å². The molecular weight excluding hydrogens is 709 g/mol. The molecule has 0 fully saturated rings. The van der Waals surface area contributed by atoms with Gasteiger partial charge in [0.2, 0.25) is 0 Å². The Kier molecular flexibility index (Phi) is 43.0. The van der Waals surface area contributed by atoms with Crippen molar-refractivity contribution in [3.63, 3.8) is 0 Å². The number of allylic oxidation sites excluding steroid dienone is 12. The van der Waals surface area contributed by atoms with Gasteiger partial charge in [-0.2, -0.15) is 0 Å². The normalized spacial score (nSPS) is 12.7. The number of hydrogen-bond donors (Lipinski definition) is 0. The van der Waals surface area contributed by atoms with Gasteiger partial charge in [-0.05, 0) is 57.8 Å². The average Bonchev–Trinajstić information content (AvgIpc) is 3.21. The lowest BCUT2D eigenvalue weighted by molar-refractivity contribution is -0.166. The summed E-state index contributed by atoms with van der Waals surface area (Å²) in [6.45, 7) is 6.40. The Morgan fingerprint density at radius 3 is 1.07 bits per heavy atom. The van der Waals surface area contributed by atoms with Gasteiger partial charge in [-0.25, -0.2) is 0 Å². The van der Waals surface area contributed by atoms with Gasteiger partial charge in [0.05, 0.1) is 0 Å². The van der Waals surface area contributed by atoms with Gasteiger partial charge < -0.3 is 14.2 Å². The maximum absolute atomic E-state index is 12.7. The highest BCUT2D eigenvalue weighted by Gasteiger charge is 2.19. The molecule has 6 nitrogen and oxygen atoms in total. The molecule has 6 heteroatoms. The second-order valence-corrected chi connectivity index (χ2v) is 15.3. The Morgan fingerprint density at radius 2 is 0.684 bits per heavy atom. The Hall–Kier alpha value is -3.15. The fourth-order valence-electron chi connectivity index (χ4n) is 6.23. The van der Waals surface area contributed by atoms with E-state index in [4.69, 9.17) is 14.2 Å². The first-order chi connectivity index (χ1) is 28.0. The minimum absolute atomic E-state index is 0.0971. The molecule has 0 aliphatic heterocycles. The second-order valence-electron chi connectivity index (χ2n) is 15.3. The van der Waals surface area contributed by atoms with E-state index in [1.54, 1.807) is 0 Å². The summed E-state index contributed by atoms with van der Waals surface area (Å²) in [6, 6.07) is 0. The zero-order valence-electron chi connectivity index (χ0n) is 37.1. The molecule has 0 aliphatic rings. The maximum atomic E-state index is 12.7. The van der Waals surface area contributed by atoms with Crippen LogP contribution in [0.3, 0.4) is 0 Å². The highest BCUT2D eigenvalue weighted by atomic mass is 16.6. The summed E-state index contributed by atoms with van der Waals surface area (Å²) < 4.78 is 16.6. The quantitative estimate of drug-likeness (QED) is 0.0265. The van der Waals surface area contributed by atoms with Crippen LogP contribution in [0.15, 0.2) is 72.9 Å². The lowest BCUT2D eigenvalue weighted by atomic mass is 10.0. The first-order valence-corrected chi connectivity index (χ1v) is 23.4. The number of rotatable bonds is 41. The Balaban J connectivity index is 4.41. The highest BCUT2D eigenvalue weighted by Crippen LogP contribution is 2.14. The molecule has 0 aliphatic carbocycles.